The molecule has 5 heteroatoms. The number of carbonyl (C=O) groups is 1. The Morgan fingerprint density at radius 3 is 2.69 bits per heavy atom. The standard InChI is InChI=1S/C8H11BrNO2Se/c1-5(8(11)12-2)6-3-4-7(9)13(6)10/h3-5H,10H2,1-2H3. The summed E-state index contributed by atoms with van der Waals surface area (Å²) in [6, 6.07) is 0. The first-order valence-electron chi connectivity index (χ1n) is 3.71. The van der Waals surface area contributed by atoms with Gasteiger partial charge in [0.25, 0.3) is 0 Å². The van der Waals surface area contributed by atoms with Gasteiger partial charge < -0.3 is 0 Å². The third kappa shape index (κ3) is 2.23. The van der Waals surface area contributed by atoms with Crippen LogP contribution in [0.4, 0.5) is 0 Å². The van der Waals surface area contributed by atoms with Crippen LogP contribution in [-0.4, -0.2) is 27.2 Å². The Morgan fingerprint density at radius 1 is 1.69 bits per heavy atom. The van der Waals surface area contributed by atoms with Gasteiger partial charge in [-0.05, 0) is 0 Å². The molecule has 0 amide bonds. The molecule has 1 atom stereocenters. The Kier molecular flexibility index (Phi) is 3.73. The van der Waals surface area contributed by atoms with Crippen molar-refractivity contribution in [2.45, 2.75) is 6.92 Å². The van der Waals surface area contributed by atoms with Crippen molar-refractivity contribution in [3.05, 3.63) is 20.0 Å². The summed E-state index contributed by atoms with van der Waals surface area (Å²) in [4.78, 5) is 11.2. The minimum atomic E-state index is -1.41. The average Bonchev–Trinajstić information content (AvgIpc) is 2.45. The van der Waals surface area contributed by atoms with Gasteiger partial charge in [0.05, 0.1) is 0 Å². The number of methoxy groups -OCH3 is 1. The van der Waals surface area contributed by atoms with E-state index in [-0.39, 0.29) is 11.9 Å². The van der Waals surface area contributed by atoms with Crippen LogP contribution in [0, 0.1) is 5.92 Å². The number of allylic oxidation sites excluding steroid dienone is 2. The fourth-order valence-electron chi connectivity index (χ4n) is 1.03. The molecule has 0 spiro atoms. The number of hydrogen-bond donors (Lipinski definition) is 1. The second-order valence-corrected chi connectivity index (χ2v) is 7.99. The molecule has 0 saturated carbocycles. The topological polar surface area (TPSA) is 52.3 Å². The molecule has 1 radical (unpaired) electrons. The number of carbonyl (C=O) groups excluding carboxylic acids is 1. The summed E-state index contributed by atoms with van der Waals surface area (Å²) in [5.74, 6) is -0.438. The van der Waals surface area contributed by atoms with E-state index in [0.717, 1.165) is 7.85 Å². The number of ether oxygens (including phenoxy) is 1. The zero-order valence-corrected chi connectivity index (χ0v) is 10.7. The first-order chi connectivity index (χ1) is 6.07. The molecule has 13 heavy (non-hydrogen) atoms. The Labute approximate surface area is 90.2 Å². The fourth-order valence-corrected chi connectivity index (χ4v) is 4.51. The third-order valence-corrected chi connectivity index (χ3v) is 7.16. The van der Waals surface area contributed by atoms with Crippen molar-refractivity contribution in [1.29, 1.82) is 0 Å². The number of halogens is 1. The maximum absolute atomic E-state index is 11.2. The van der Waals surface area contributed by atoms with E-state index < -0.39 is 14.1 Å². The van der Waals surface area contributed by atoms with E-state index in [1.54, 1.807) is 0 Å². The molecule has 0 aromatic heterocycles. The quantitative estimate of drug-likeness (QED) is 0.612. The predicted octanol–water partition coefficient (Wildman–Crippen LogP) is 1.04. The monoisotopic (exact) mass is 312 g/mol. The molecule has 1 aliphatic rings. The molecule has 0 bridgehead atoms. The van der Waals surface area contributed by atoms with Crippen LogP contribution in [0.5, 0.6) is 0 Å². The van der Waals surface area contributed by atoms with Crippen molar-refractivity contribution in [3.8, 4) is 0 Å². The molecule has 3 nitrogen and oxygen atoms in total. The van der Waals surface area contributed by atoms with Crippen molar-refractivity contribution < 1.29 is 9.53 Å². The molecule has 0 saturated heterocycles. The summed E-state index contributed by atoms with van der Waals surface area (Å²) < 4.78 is 12.6. The van der Waals surface area contributed by atoms with Crippen molar-refractivity contribution in [2.24, 2.45) is 10.7 Å². The summed E-state index contributed by atoms with van der Waals surface area (Å²) in [5.41, 5.74) is 0. The van der Waals surface area contributed by atoms with E-state index >= 15 is 0 Å². The zero-order valence-electron chi connectivity index (χ0n) is 7.41. The molecule has 1 unspecified atom stereocenters. The first kappa shape index (κ1) is 11.0. The molecule has 73 valence electrons. The van der Waals surface area contributed by atoms with Gasteiger partial charge in [-0.15, -0.1) is 0 Å². The van der Waals surface area contributed by atoms with Gasteiger partial charge in [-0.3, -0.25) is 0 Å². The van der Waals surface area contributed by atoms with Crippen LogP contribution in [0.1, 0.15) is 6.92 Å². The van der Waals surface area contributed by atoms with Gasteiger partial charge in [0.1, 0.15) is 0 Å². The van der Waals surface area contributed by atoms with E-state index in [1.807, 2.05) is 19.1 Å². The van der Waals surface area contributed by atoms with E-state index in [4.69, 9.17) is 4.75 Å². The average molecular weight is 312 g/mol. The van der Waals surface area contributed by atoms with Crippen molar-refractivity contribution in [3.63, 3.8) is 0 Å². The van der Waals surface area contributed by atoms with Crippen molar-refractivity contribution in [1.82, 2.24) is 0 Å². The van der Waals surface area contributed by atoms with Crippen LogP contribution in [-0.2, 0) is 9.53 Å². The van der Waals surface area contributed by atoms with Crippen LogP contribution in [0.3, 0.4) is 0 Å². The fraction of sp³-hybridized carbons (Fsp3) is 0.375. The van der Waals surface area contributed by atoms with E-state index in [2.05, 4.69) is 20.7 Å². The molecule has 1 aliphatic heterocycles. The minimum absolute atomic E-state index is 0.216. The van der Waals surface area contributed by atoms with Gasteiger partial charge in [0, 0.05) is 0 Å². The normalized spacial score (nSPS) is 19.4. The van der Waals surface area contributed by atoms with Crippen LogP contribution < -0.4 is 4.75 Å². The number of nitrogens with two attached hydrogens (primary N) is 1. The summed E-state index contributed by atoms with van der Waals surface area (Å²) in [6.45, 7) is 1.82. The summed E-state index contributed by atoms with van der Waals surface area (Å²) in [5, 5.41) is 0. The molecule has 0 aromatic carbocycles. The zero-order chi connectivity index (χ0) is 10.0. The molecule has 2 N–H and O–H groups in total. The molecule has 1 heterocycles. The Bertz CT molecular complexity index is 288. The van der Waals surface area contributed by atoms with E-state index in [0.29, 0.717) is 0 Å². The van der Waals surface area contributed by atoms with Crippen molar-refractivity contribution >= 4 is 36.0 Å². The molecule has 0 aromatic rings. The third-order valence-electron chi connectivity index (χ3n) is 1.82. The number of hydrogen-bond acceptors (Lipinski definition) is 3. The molecular formula is C8H11BrNO2Se. The van der Waals surface area contributed by atoms with Gasteiger partial charge in [-0.2, -0.15) is 0 Å². The Balaban J connectivity index is 2.72. The van der Waals surface area contributed by atoms with Crippen LogP contribution in [0.15, 0.2) is 20.0 Å². The predicted molar refractivity (Wildman–Crippen MR) is 56.2 cm³/mol. The second-order valence-electron chi connectivity index (χ2n) is 2.62. The van der Waals surface area contributed by atoms with Gasteiger partial charge in [-0.1, -0.05) is 0 Å². The van der Waals surface area contributed by atoms with Crippen LogP contribution in [0.25, 0.3) is 0 Å². The summed E-state index contributed by atoms with van der Waals surface area (Å²) >= 11 is 1.96. The van der Waals surface area contributed by atoms with Crippen molar-refractivity contribution in [2.75, 3.05) is 7.11 Å². The number of esters is 1. The molecule has 0 fully saturated rings. The van der Waals surface area contributed by atoms with Crippen LogP contribution in [0.2, 0.25) is 0 Å². The Morgan fingerprint density at radius 2 is 2.31 bits per heavy atom. The second kappa shape index (κ2) is 4.42. The molecular weight excluding hydrogens is 301 g/mol. The van der Waals surface area contributed by atoms with E-state index in [9.17, 15) is 4.79 Å². The van der Waals surface area contributed by atoms with Gasteiger partial charge in [-0.25, -0.2) is 0 Å². The summed E-state index contributed by atoms with van der Waals surface area (Å²) in [7, 11) is 1.39. The summed E-state index contributed by atoms with van der Waals surface area (Å²) in [6.07, 6.45) is 3.83. The van der Waals surface area contributed by atoms with Crippen LogP contribution >= 0.6 is 15.9 Å². The maximum atomic E-state index is 11.2. The molecule has 0 aliphatic carbocycles. The first-order valence-corrected chi connectivity index (χ1v) is 7.21. The number of rotatable bonds is 2. The Hall–Kier alpha value is -0.0905. The SMILES string of the molecule is COC(=O)C(C)C1=CC=C(Br)[Se]1N. The van der Waals surface area contributed by atoms with Gasteiger partial charge in [0.15, 0.2) is 0 Å². The van der Waals surface area contributed by atoms with E-state index in [1.165, 1.54) is 7.11 Å². The molecule has 1 rings (SSSR count). The van der Waals surface area contributed by atoms with Gasteiger partial charge >= 0.3 is 90.3 Å². The van der Waals surface area contributed by atoms with Gasteiger partial charge in [0.2, 0.25) is 0 Å².